The number of carbonyl (C=O) groups excluding carboxylic acids is 1. The molecule has 1 aromatic carbocycles. The molecule has 1 aliphatic heterocycles. The minimum absolute atomic E-state index is 0.119. The van der Waals surface area contributed by atoms with Gasteiger partial charge in [0.1, 0.15) is 0 Å². The Morgan fingerprint density at radius 2 is 2.00 bits per heavy atom. The van der Waals surface area contributed by atoms with Crippen molar-refractivity contribution < 1.29 is 13.2 Å². The predicted octanol–water partition coefficient (Wildman–Crippen LogP) is 0.763. The molecule has 1 heterocycles. The van der Waals surface area contributed by atoms with Crippen LogP contribution in [0.2, 0.25) is 0 Å². The van der Waals surface area contributed by atoms with Gasteiger partial charge in [-0.2, -0.15) is 0 Å². The number of rotatable bonds is 3. The highest BCUT2D eigenvalue weighted by Gasteiger charge is 2.30. The summed E-state index contributed by atoms with van der Waals surface area (Å²) in [4.78, 5) is 13.5. The Morgan fingerprint density at radius 1 is 1.33 bits per heavy atom. The summed E-state index contributed by atoms with van der Waals surface area (Å²) in [5.74, 6) is -0.563. The van der Waals surface area contributed by atoms with Crippen molar-refractivity contribution in [2.75, 3.05) is 23.4 Å². The standard InChI is InChI=1S/C14H21N3O3S/c1-9-6-7-10(14(16)18)8-17(9)11-4-3-5-12(13(11)15)21(2,19)20/h3-5,9-10H,6-8,15H2,1-2H3,(H2,16,18). The smallest absolute Gasteiger partial charge is 0.222 e. The number of nitrogens with two attached hydrogens (primary N) is 2. The molecule has 0 saturated carbocycles. The number of nitrogen functional groups attached to an aromatic ring is 1. The van der Waals surface area contributed by atoms with Crippen LogP contribution >= 0.6 is 0 Å². The van der Waals surface area contributed by atoms with Gasteiger partial charge in [0.2, 0.25) is 5.91 Å². The first-order chi connectivity index (χ1) is 9.71. The van der Waals surface area contributed by atoms with Crippen molar-refractivity contribution >= 4 is 27.1 Å². The van der Waals surface area contributed by atoms with Gasteiger partial charge in [0, 0.05) is 18.8 Å². The van der Waals surface area contributed by atoms with Gasteiger partial charge in [-0.25, -0.2) is 8.42 Å². The van der Waals surface area contributed by atoms with E-state index in [0.29, 0.717) is 12.2 Å². The molecule has 2 rings (SSSR count). The summed E-state index contributed by atoms with van der Waals surface area (Å²) in [5.41, 5.74) is 12.3. The monoisotopic (exact) mass is 311 g/mol. The Kier molecular flexibility index (Phi) is 4.13. The highest BCUT2D eigenvalue weighted by atomic mass is 32.2. The van der Waals surface area contributed by atoms with Crippen LogP contribution in [0.5, 0.6) is 0 Å². The van der Waals surface area contributed by atoms with Crippen LogP contribution in [0.25, 0.3) is 0 Å². The lowest BCUT2D eigenvalue weighted by Gasteiger charge is -2.39. The summed E-state index contributed by atoms with van der Waals surface area (Å²) in [7, 11) is -3.39. The van der Waals surface area contributed by atoms with Crippen molar-refractivity contribution in [1.82, 2.24) is 0 Å². The third kappa shape index (κ3) is 3.12. The number of para-hydroxylation sites is 1. The van der Waals surface area contributed by atoms with E-state index in [4.69, 9.17) is 11.5 Å². The van der Waals surface area contributed by atoms with Crippen LogP contribution in [0.15, 0.2) is 23.1 Å². The predicted molar refractivity (Wildman–Crippen MR) is 82.7 cm³/mol. The molecule has 6 nitrogen and oxygen atoms in total. The second kappa shape index (κ2) is 5.55. The molecule has 1 fully saturated rings. The molecule has 0 spiro atoms. The normalized spacial score (nSPS) is 23.0. The number of nitrogens with zero attached hydrogens (tertiary/aromatic N) is 1. The minimum atomic E-state index is -3.39. The molecule has 1 aliphatic rings. The summed E-state index contributed by atoms with van der Waals surface area (Å²) in [6.07, 6.45) is 2.70. The first kappa shape index (κ1) is 15.6. The van der Waals surface area contributed by atoms with E-state index in [1.807, 2.05) is 11.8 Å². The first-order valence-electron chi connectivity index (χ1n) is 6.86. The number of benzene rings is 1. The van der Waals surface area contributed by atoms with E-state index in [1.54, 1.807) is 12.1 Å². The number of hydrogen-bond donors (Lipinski definition) is 2. The van der Waals surface area contributed by atoms with E-state index in [-0.39, 0.29) is 28.4 Å². The highest BCUT2D eigenvalue weighted by Crippen LogP contribution is 2.34. The van der Waals surface area contributed by atoms with Crippen molar-refractivity contribution in [2.24, 2.45) is 11.7 Å². The second-order valence-electron chi connectivity index (χ2n) is 5.64. The fourth-order valence-electron chi connectivity index (χ4n) is 2.78. The molecule has 21 heavy (non-hydrogen) atoms. The average molecular weight is 311 g/mol. The zero-order chi connectivity index (χ0) is 15.8. The van der Waals surface area contributed by atoms with E-state index in [1.165, 1.54) is 6.07 Å². The molecule has 2 atom stereocenters. The van der Waals surface area contributed by atoms with Gasteiger partial charge in [-0.05, 0) is 31.9 Å². The Morgan fingerprint density at radius 3 is 2.57 bits per heavy atom. The van der Waals surface area contributed by atoms with Crippen molar-refractivity contribution in [2.45, 2.75) is 30.7 Å². The number of anilines is 2. The van der Waals surface area contributed by atoms with Gasteiger partial charge in [0.25, 0.3) is 0 Å². The van der Waals surface area contributed by atoms with Crippen LogP contribution < -0.4 is 16.4 Å². The topological polar surface area (TPSA) is 106 Å². The van der Waals surface area contributed by atoms with Gasteiger partial charge in [-0.15, -0.1) is 0 Å². The summed E-state index contributed by atoms with van der Waals surface area (Å²) in [6.45, 7) is 2.50. The third-order valence-electron chi connectivity index (χ3n) is 4.04. The fourth-order valence-corrected chi connectivity index (χ4v) is 3.61. The summed E-state index contributed by atoms with van der Waals surface area (Å²) >= 11 is 0. The van der Waals surface area contributed by atoms with E-state index in [2.05, 4.69) is 0 Å². The van der Waals surface area contributed by atoms with Crippen LogP contribution in [-0.4, -0.2) is 33.2 Å². The van der Waals surface area contributed by atoms with Crippen molar-refractivity contribution in [3.05, 3.63) is 18.2 Å². The van der Waals surface area contributed by atoms with Gasteiger partial charge < -0.3 is 16.4 Å². The second-order valence-corrected chi connectivity index (χ2v) is 7.62. The molecular formula is C14H21N3O3S. The molecule has 1 amide bonds. The van der Waals surface area contributed by atoms with E-state index in [9.17, 15) is 13.2 Å². The quantitative estimate of drug-likeness (QED) is 0.802. The van der Waals surface area contributed by atoms with Gasteiger partial charge >= 0.3 is 0 Å². The molecule has 0 bridgehead atoms. The summed E-state index contributed by atoms with van der Waals surface area (Å²) < 4.78 is 23.5. The molecule has 1 aromatic rings. The van der Waals surface area contributed by atoms with Gasteiger partial charge in [-0.1, -0.05) is 6.07 Å². The van der Waals surface area contributed by atoms with Crippen LogP contribution in [0.1, 0.15) is 19.8 Å². The number of hydrogen-bond acceptors (Lipinski definition) is 5. The van der Waals surface area contributed by atoms with Crippen LogP contribution in [-0.2, 0) is 14.6 Å². The Bertz CT molecular complexity index is 657. The molecular weight excluding hydrogens is 290 g/mol. The van der Waals surface area contributed by atoms with Gasteiger partial charge in [0.15, 0.2) is 9.84 Å². The molecule has 7 heteroatoms. The molecule has 0 aromatic heterocycles. The highest BCUT2D eigenvalue weighted by molar-refractivity contribution is 7.90. The molecule has 1 saturated heterocycles. The molecule has 0 radical (unpaired) electrons. The molecule has 2 unspecified atom stereocenters. The maximum atomic E-state index is 11.8. The third-order valence-corrected chi connectivity index (χ3v) is 5.19. The maximum absolute atomic E-state index is 11.8. The van der Waals surface area contributed by atoms with E-state index < -0.39 is 9.84 Å². The van der Waals surface area contributed by atoms with Crippen molar-refractivity contribution in [1.29, 1.82) is 0 Å². The lowest BCUT2D eigenvalue weighted by atomic mass is 9.92. The number of sulfone groups is 1. The molecule has 4 N–H and O–H groups in total. The van der Waals surface area contributed by atoms with Gasteiger partial charge in [0.05, 0.1) is 22.2 Å². The fraction of sp³-hybridized carbons (Fsp3) is 0.500. The largest absolute Gasteiger partial charge is 0.396 e. The first-order valence-corrected chi connectivity index (χ1v) is 8.75. The summed E-state index contributed by atoms with van der Waals surface area (Å²) in [5, 5.41) is 0. The maximum Gasteiger partial charge on any atom is 0.222 e. The van der Waals surface area contributed by atoms with Crippen molar-refractivity contribution in [3.8, 4) is 0 Å². The van der Waals surface area contributed by atoms with Crippen LogP contribution in [0.3, 0.4) is 0 Å². The Labute approximate surface area is 125 Å². The zero-order valence-electron chi connectivity index (χ0n) is 12.2. The Hall–Kier alpha value is -1.76. The summed E-state index contributed by atoms with van der Waals surface area (Å²) in [6, 6.07) is 5.12. The molecule has 116 valence electrons. The lowest BCUT2D eigenvalue weighted by Crippen LogP contribution is -2.46. The van der Waals surface area contributed by atoms with Crippen molar-refractivity contribution in [3.63, 3.8) is 0 Å². The zero-order valence-corrected chi connectivity index (χ0v) is 13.1. The van der Waals surface area contributed by atoms with E-state index in [0.717, 1.165) is 19.1 Å². The number of carbonyl (C=O) groups is 1. The van der Waals surface area contributed by atoms with Crippen LogP contribution in [0, 0.1) is 5.92 Å². The minimum Gasteiger partial charge on any atom is -0.396 e. The van der Waals surface area contributed by atoms with Gasteiger partial charge in [-0.3, -0.25) is 4.79 Å². The Balaban J connectivity index is 2.43. The lowest BCUT2D eigenvalue weighted by molar-refractivity contribution is -0.122. The average Bonchev–Trinajstić information content (AvgIpc) is 2.38. The van der Waals surface area contributed by atoms with E-state index >= 15 is 0 Å². The number of amides is 1. The number of piperidine rings is 1. The number of primary amides is 1. The SMILES string of the molecule is CC1CCC(C(N)=O)CN1c1cccc(S(C)(=O)=O)c1N. The molecule has 0 aliphatic carbocycles. The van der Waals surface area contributed by atoms with Crippen LogP contribution in [0.4, 0.5) is 11.4 Å².